The van der Waals surface area contributed by atoms with Gasteiger partial charge in [-0.05, 0) is 37.2 Å². The first-order chi connectivity index (χ1) is 10.9. The van der Waals surface area contributed by atoms with Crippen molar-refractivity contribution in [3.63, 3.8) is 0 Å². The van der Waals surface area contributed by atoms with Gasteiger partial charge in [0.2, 0.25) is 0 Å². The molecule has 0 aliphatic rings. The molecule has 0 spiro atoms. The molecule has 22 heavy (non-hydrogen) atoms. The van der Waals surface area contributed by atoms with Gasteiger partial charge in [0.15, 0.2) is 0 Å². The van der Waals surface area contributed by atoms with Crippen LogP contribution < -0.4 is 10.5 Å². The summed E-state index contributed by atoms with van der Waals surface area (Å²) >= 11 is 0. The molecule has 0 radical (unpaired) electrons. The van der Waals surface area contributed by atoms with Crippen LogP contribution in [0.2, 0.25) is 0 Å². The van der Waals surface area contributed by atoms with Gasteiger partial charge in [-0.1, -0.05) is 30.3 Å². The van der Waals surface area contributed by atoms with Gasteiger partial charge in [-0.15, -0.1) is 0 Å². The second-order valence-electron chi connectivity index (χ2n) is 5.22. The number of aromatic nitrogens is 2. The summed E-state index contributed by atoms with van der Waals surface area (Å²) in [6, 6.07) is 18.1. The fourth-order valence-corrected chi connectivity index (χ4v) is 2.59. The molecule has 3 aromatic rings. The highest BCUT2D eigenvalue weighted by molar-refractivity contribution is 5.75. The summed E-state index contributed by atoms with van der Waals surface area (Å²) in [5.74, 6) is 1.96. The number of hydrogen-bond acceptors (Lipinski definition) is 3. The normalized spacial score (nSPS) is 11.0. The third kappa shape index (κ3) is 3.28. The van der Waals surface area contributed by atoms with Gasteiger partial charge in [0.1, 0.15) is 11.6 Å². The standard InChI is InChI=1S/C18H21N3O/c19-12-6-13-21-17-10-5-4-9-16(17)20-18(21)11-14-22-15-7-2-1-3-8-15/h1-5,7-10H,6,11-14,19H2. The lowest BCUT2D eigenvalue weighted by Crippen LogP contribution is -2.11. The molecule has 4 heteroatoms. The fourth-order valence-electron chi connectivity index (χ4n) is 2.59. The third-order valence-electron chi connectivity index (χ3n) is 3.66. The van der Waals surface area contributed by atoms with Gasteiger partial charge in [-0.2, -0.15) is 0 Å². The average molecular weight is 295 g/mol. The summed E-state index contributed by atoms with van der Waals surface area (Å²) in [5.41, 5.74) is 7.87. The van der Waals surface area contributed by atoms with Crippen molar-refractivity contribution >= 4 is 11.0 Å². The fraction of sp³-hybridized carbons (Fsp3) is 0.278. The second-order valence-corrected chi connectivity index (χ2v) is 5.22. The van der Waals surface area contributed by atoms with Crippen LogP contribution in [0.15, 0.2) is 54.6 Å². The molecule has 3 rings (SSSR count). The lowest BCUT2D eigenvalue weighted by Gasteiger charge is -2.09. The smallest absolute Gasteiger partial charge is 0.119 e. The predicted molar refractivity (Wildman–Crippen MR) is 89.0 cm³/mol. The summed E-state index contributed by atoms with van der Waals surface area (Å²) in [7, 11) is 0. The van der Waals surface area contributed by atoms with E-state index in [2.05, 4.69) is 16.7 Å². The topological polar surface area (TPSA) is 53.1 Å². The van der Waals surface area contributed by atoms with Crippen LogP contribution in [-0.4, -0.2) is 22.7 Å². The summed E-state index contributed by atoms with van der Waals surface area (Å²) in [4.78, 5) is 4.74. The molecule has 0 fully saturated rings. The molecule has 0 aliphatic carbocycles. The maximum absolute atomic E-state index is 5.79. The van der Waals surface area contributed by atoms with Crippen molar-refractivity contribution in [2.75, 3.05) is 13.2 Å². The second kappa shape index (κ2) is 7.09. The van der Waals surface area contributed by atoms with Crippen LogP contribution in [0.4, 0.5) is 0 Å². The minimum atomic E-state index is 0.621. The van der Waals surface area contributed by atoms with Crippen LogP contribution in [0.3, 0.4) is 0 Å². The van der Waals surface area contributed by atoms with E-state index >= 15 is 0 Å². The van der Waals surface area contributed by atoms with Gasteiger partial charge in [0, 0.05) is 13.0 Å². The van der Waals surface area contributed by atoms with Crippen LogP contribution in [0.25, 0.3) is 11.0 Å². The Labute approximate surface area is 130 Å². The Kier molecular flexibility index (Phi) is 4.71. The first kappa shape index (κ1) is 14.6. The average Bonchev–Trinajstić information content (AvgIpc) is 2.91. The van der Waals surface area contributed by atoms with E-state index in [-0.39, 0.29) is 0 Å². The van der Waals surface area contributed by atoms with Crippen molar-refractivity contribution in [1.29, 1.82) is 0 Å². The van der Waals surface area contributed by atoms with Crippen molar-refractivity contribution in [3.05, 3.63) is 60.4 Å². The molecule has 0 saturated carbocycles. The van der Waals surface area contributed by atoms with Crippen LogP contribution in [0.5, 0.6) is 5.75 Å². The van der Waals surface area contributed by atoms with Crippen molar-refractivity contribution in [3.8, 4) is 5.75 Å². The highest BCUT2D eigenvalue weighted by atomic mass is 16.5. The molecule has 0 unspecified atom stereocenters. The Hall–Kier alpha value is -2.33. The van der Waals surface area contributed by atoms with Gasteiger partial charge in [-0.3, -0.25) is 0 Å². The van der Waals surface area contributed by atoms with Crippen molar-refractivity contribution in [2.24, 2.45) is 5.73 Å². The van der Waals surface area contributed by atoms with Crippen molar-refractivity contribution in [1.82, 2.24) is 9.55 Å². The Morgan fingerprint density at radius 3 is 2.59 bits per heavy atom. The maximum Gasteiger partial charge on any atom is 0.119 e. The van der Waals surface area contributed by atoms with Gasteiger partial charge in [0.25, 0.3) is 0 Å². The monoisotopic (exact) mass is 295 g/mol. The zero-order valence-electron chi connectivity index (χ0n) is 12.6. The lowest BCUT2D eigenvalue weighted by atomic mass is 10.3. The lowest BCUT2D eigenvalue weighted by molar-refractivity contribution is 0.317. The molecule has 1 aromatic heterocycles. The highest BCUT2D eigenvalue weighted by Gasteiger charge is 2.10. The number of benzene rings is 2. The highest BCUT2D eigenvalue weighted by Crippen LogP contribution is 2.17. The van der Waals surface area contributed by atoms with E-state index in [0.717, 1.165) is 36.5 Å². The molecule has 0 saturated heterocycles. The van der Waals surface area contributed by atoms with Gasteiger partial charge in [-0.25, -0.2) is 4.98 Å². The van der Waals surface area contributed by atoms with Crippen LogP contribution in [-0.2, 0) is 13.0 Å². The number of nitrogens with zero attached hydrogens (tertiary/aromatic N) is 2. The van der Waals surface area contributed by atoms with Crippen molar-refractivity contribution in [2.45, 2.75) is 19.4 Å². The van der Waals surface area contributed by atoms with Gasteiger partial charge >= 0.3 is 0 Å². The SMILES string of the molecule is NCCCn1c(CCOc2ccccc2)nc2ccccc21. The zero-order chi connectivity index (χ0) is 15.2. The molecule has 4 nitrogen and oxygen atoms in total. The third-order valence-corrected chi connectivity index (χ3v) is 3.66. The number of imidazole rings is 1. The van der Waals surface area contributed by atoms with E-state index in [0.29, 0.717) is 13.2 Å². The quantitative estimate of drug-likeness (QED) is 0.729. The Morgan fingerprint density at radius 2 is 1.77 bits per heavy atom. The first-order valence-electron chi connectivity index (χ1n) is 7.70. The first-order valence-corrected chi connectivity index (χ1v) is 7.70. The van der Waals surface area contributed by atoms with E-state index in [1.54, 1.807) is 0 Å². The van der Waals surface area contributed by atoms with E-state index in [1.165, 1.54) is 5.52 Å². The molecule has 2 N–H and O–H groups in total. The van der Waals surface area contributed by atoms with Crippen LogP contribution >= 0.6 is 0 Å². The number of hydrogen-bond donors (Lipinski definition) is 1. The van der Waals surface area contributed by atoms with E-state index in [1.807, 2.05) is 42.5 Å². The number of ether oxygens (including phenoxy) is 1. The number of fused-ring (bicyclic) bond motifs is 1. The molecule has 1 heterocycles. The van der Waals surface area contributed by atoms with Crippen LogP contribution in [0.1, 0.15) is 12.2 Å². The molecule has 0 atom stereocenters. The van der Waals surface area contributed by atoms with Gasteiger partial charge in [0.05, 0.1) is 17.6 Å². The molecule has 2 aromatic carbocycles. The van der Waals surface area contributed by atoms with E-state index in [4.69, 9.17) is 15.5 Å². The van der Waals surface area contributed by atoms with E-state index < -0.39 is 0 Å². The summed E-state index contributed by atoms with van der Waals surface area (Å²) in [6.45, 7) is 2.21. The number of rotatable bonds is 7. The number of aryl methyl sites for hydroxylation is 1. The summed E-state index contributed by atoms with van der Waals surface area (Å²) in [6.07, 6.45) is 1.74. The molecule has 0 aliphatic heterocycles. The molecule has 114 valence electrons. The predicted octanol–water partition coefficient (Wildman–Crippen LogP) is 3.01. The van der Waals surface area contributed by atoms with Crippen molar-refractivity contribution < 1.29 is 4.74 Å². The summed E-state index contributed by atoms with van der Waals surface area (Å²) in [5, 5.41) is 0. The number of para-hydroxylation sites is 3. The van der Waals surface area contributed by atoms with E-state index in [9.17, 15) is 0 Å². The minimum absolute atomic E-state index is 0.621. The zero-order valence-corrected chi connectivity index (χ0v) is 12.6. The maximum atomic E-state index is 5.79. The molecule has 0 bridgehead atoms. The summed E-state index contributed by atoms with van der Waals surface area (Å²) < 4.78 is 8.05. The number of nitrogens with two attached hydrogens (primary N) is 1. The Bertz CT molecular complexity index is 722. The largest absolute Gasteiger partial charge is 0.493 e. The molecule has 0 amide bonds. The van der Waals surface area contributed by atoms with Gasteiger partial charge < -0.3 is 15.0 Å². The Morgan fingerprint density at radius 1 is 1.00 bits per heavy atom. The molecular formula is C18H21N3O. The Balaban J connectivity index is 1.74. The molecular weight excluding hydrogens is 274 g/mol. The minimum Gasteiger partial charge on any atom is -0.493 e. The van der Waals surface area contributed by atoms with Crippen LogP contribution in [0, 0.1) is 0 Å².